The summed E-state index contributed by atoms with van der Waals surface area (Å²) in [5, 5.41) is 15.2. The van der Waals surface area contributed by atoms with Gasteiger partial charge < -0.3 is 25.4 Å². The number of aliphatic hydroxyl groups is 2. The minimum Gasteiger partial charge on any atom is -0.419 e. The van der Waals surface area contributed by atoms with Crippen LogP contribution in [0.15, 0.2) is 43.0 Å². The van der Waals surface area contributed by atoms with Gasteiger partial charge in [-0.25, -0.2) is 9.59 Å². The van der Waals surface area contributed by atoms with Crippen molar-refractivity contribution in [3.63, 3.8) is 0 Å². The molecule has 0 spiro atoms. The molecule has 0 atom stereocenters. The fourth-order valence-electron chi connectivity index (χ4n) is 1.38. The lowest BCUT2D eigenvalue weighted by atomic mass is 10.1. The number of carbonyl (C=O) groups is 2. The van der Waals surface area contributed by atoms with Crippen LogP contribution >= 0.6 is 0 Å². The Morgan fingerprint density at radius 3 is 2.29 bits per heavy atom. The van der Waals surface area contributed by atoms with Gasteiger partial charge in [0.25, 0.3) is 0 Å². The van der Waals surface area contributed by atoms with Gasteiger partial charge in [0.1, 0.15) is 0 Å². The zero-order valence-electron chi connectivity index (χ0n) is 13.7. The van der Waals surface area contributed by atoms with Crippen molar-refractivity contribution in [2.75, 3.05) is 19.8 Å². The van der Waals surface area contributed by atoms with Gasteiger partial charge in [0.15, 0.2) is 11.5 Å². The van der Waals surface area contributed by atoms with Gasteiger partial charge in [-0.3, -0.25) is 0 Å². The summed E-state index contributed by atoms with van der Waals surface area (Å²) >= 11 is 0. The van der Waals surface area contributed by atoms with Gasteiger partial charge in [0.05, 0.1) is 13.2 Å². The number of benzene rings is 1. The number of rotatable bonds is 7. The summed E-state index contributed by atoms with van der Waals surface area (Å²) in [6, 6.07) is 4.91. The van der Waals surface area contributed by atoms with Crippen LogP contribution < -0.4 is 15.2 Å². The van der Waals surface area contributed by atoms with E-state index < -0.39 is 11.9 Å². The molecule has 0 unspecified atom stereocenters. The second-order valence-electron chi connectivity index (χ2n) is 4.56. The molecule has 0 amide bonds. The highest BCUT2D eigenvalue weighted by Crippen LogP contribution is 2.29. The van der Waals surface area contributed by atoms with Crippen molar-refractivity contribution in [2.45, 2.75) is 13.3 Å². The van der Waals surface area contributed by atoms with E-state index in [0.717, 1.165) is 11.6 Å². The van der Waals surface area contributed by atoms with Crippen molar-refractivity contribution < 1.29 is 29.3 Å². The number of hydrogen-bond acceptors (Lipinski definition) is 7. The van der Waals surface area contributed by atoms with Gasteiger partial charge >= 0.3 is 11.9 Å². The quantitative estimate of drug-likeness (QED) is 0.381. The van der Waals surface area contributed by atoms with E-state index in [0.29, 0.717) is 13.0 Å². The Kier molecular flexibility index (Phi) is 10.8. The van der Waals surface area contributed by atoms with Gasteiger partial charge in [-0.15, -0.1) is 0 Å². The molecule has 1 rings (SSSR count). The van der Waals surface area contributed by atoms with E-state index in [1.165, 1.54) is 6.92 Å². The molecular weight excluding hydrogens is 314 g/mol. The van der Waals surface area contributed by atoms with Crippen molar-refractivity contribution in [1.82, 2.24) is 0 Å². The normalized spacial score (nSPS) is 9.33. The van der Waals surface area contributed by atoms with Gasteiger partial charge in [-0.1, -0.05) is 19.2 Å². The van der Waals surface area contributed by atoms with Crippen LogP contribution in [0.2, 0.25) is 0 Å². The Labute approximate surface area is 141 Å². The topological polar surface area (TPSA) is 119 Å². The summed E-state index contributed by atoms with van der Waals surface area (Å²) in [7, 11) is 0. The summed E-state index contributed by atoms with van der Waals surface area (Å²) in [4.78, 5) is 22.8. The fourth-order valence-corrected chi connectivity index (χ4v) is 1.38. The molecule has 0 bridgehead atoms. The van der Waals surface area contributed by atoms with Crippen molar-refractivity contribution in [2.24, 2.45) is 5.73 Å². The summed E-state index contributed by atoms with van der Waals surface area (Å²) in [6.45, 7) is 8.55. The molecule has 0 aromatic heterocycles. The van der Waals surface area contributed by atoms with Crippen LogP contribution in [-0.2, 0) is 16.0 Å². The lowest BCUT2D eigenvalue weighted by Gasteiger charge is -2.11. The molecule has 0 saturated carbocycles. The summed E-state index contributed by atoms with van der Waals surface area (Å²) in [5.41, 5.74) is 6.60. The summed E-state index contributed by atoms with van der Waals surface area (Å²) in [6.07, 6.45) is 1.64. The van der Waals surface area contributed by atoms with E-state index in [1.54, 1.807) is 18.2 Å². The first-order chi connectivity index (χ1) is 11.4. The predicted octanol–water partition coefficient (Wildman–Crippen LogP) is 0.732. The molecule has 0 fully saturated rings. The Bertz CT molecular complexity index is 580. The van der Waals surface area contributed by atoms with Crippen molar-refractivity contribution in [3.8, 4) is 11.5 Å². The third kappa shape index (κ3) is 8.23. The minimum absolute atomic E-state index is 0.125. The molecule has 1 aromatic carbocycles. The molecule has 7 nitrogen and oxygen atoms in total. The highest BCUT2D eigenvalue weighted by atomic mass is 16.6. The largest absolute Gasteiger partial charge is 0.419 e. The van der Waals surface area contributed by atoms with Gasteiger partial charge in [-0.2, -0.15) is 0 Å². The molecule has 0 heterocycles. The van der Waals surface area contributed by atoms with Crippen LogP contribution in [0.4, 0.5) is 0 Å². The van der Waals surface area contributed by atoms with Crippen LogP contribution in [0.3, 0.4) is 0 Å². The van der Waals surface area contributed by atoms with Crippen LogP contribution in [0.5, 0.6) is 11.5 Å². The van der Waals surface area contributed by atoms with Crippen molar-refractivity contribution in [1.29, 1.82) is 0 Å². The zero-order chi connectivity index (χ0) is 18.5. The van der Waals surface area contributed by atoms with Crippen LogP contribution in [0, 0.1) is 0 Å². The third-order valence-corrected chi connectivity index (χ3v) is 2.47. The minimum atomic E-state index is -0.635. The molecule has 0 saturated heterocycles. The monoisotopic (exact) mass is 337 g/mol. The van der Waals surface area contributed by atoms with Gasteiger partial charge in [0, 0.05) is 11.6 Å². The first kappa shape index (κ1) is 21.5. The van der Waals surface area contributed by atoms with E-state index in [2.05, 4.69) is 13.2 Å². The molecule has 24 heavy (non-hydrogen) atoms. The molecule has 0 aliphatic carbocycles. The Balaban J connectivity index is 0.00000118. The summed E-state index contributed by atoms with van der Waals surface area (Å²) in [5.74, 6) is -0.931. The maximum absolute atomic E-state index is 11.6. The van der Waals surface area contributed by atoms with E-state index in [-0.39, 0.29) is 30.3 Å². The second-order valence-corrected chi connectivity index (χ2v) is 4.56. The van der Waals surface area contributed by atoms with Gasteiger partial charge in [0.2, 0.25) is 0 Å². The number of nitrogens with two attached hydrogens (primary N) is 1. The predicted molar refractivity (Wildman–Crippen MR) is 89.7 cm³/mol. The smallest absolute Gasteiger partial charge is 0.338 e. The average Bonchev–Trinajstić information content (AvgIpc) is 2.57. The second kappa shape index (κ2) is 12.0. The first-order valence-electron chi connectivity index (χ1n) is 7.16. The molecule has 0 aliphatic rings. The molecule has 0 radical (unpaired) electrons. The number of hydrogen-bond donors (Lipinski definition) is 3. The van der Waals surface area contributed by atoms with Crippen LogP contribution in [-0.4, -0.2) is 41.9 Å². The number of aliphatic hydroxyl groups excluding tert-OH is 2. The molecule has 1 aromatic rings. The molecule has 132 valence electrons. The van der Waals surface area contributed by atoms with Crippen LogP contribution in [0.1, 0.15) is 12.5 Å². The Morgan fingerprint density at radius 2 is 1.83 bits per heavy atom. The Hall–Kier alpha value is -2.48. The number of ether oxygens (including phenoxy) is 2. The summed E-state index contributed by atoms with van der Waals surface area (Å²) < 4.78 is 10.2. The number of carbonyl (C=O) groups excluding carboxylic acids is 2. The third-order valence-electron chi connectivity index (χ3n) is 2.47. The van der Waals surface area contributed by atoms with E-state index in [9.17, 15) is 9.59 Å². The number of esters is 2. The molecule has 7 heteroatoms. The average molecular weight is 337 g/mol. The van der Waals surface area contributed by atoms with E-state index in [1.807, 2.05) is 0 Å². The highest BCUT2D eigenvalue weighted by molar-refractivity contribution is 5.89. The first-order valence-corrected chi connectivity index (χ1v) is 7.16. The van der Waals surface area contributed by atoms with Crippen LogP contribution in [0.25, 0.3) is 0 Å². The maximum Gasteiger partial charge on any atom is 0.338 e. The fraction of sp³-hybridized carbons (Fsp3) is 0.294. The zero-order valence-corrected chi connectivity index (χ0v) is 13.7. The Morgan fingerprint density at radius 1 is 1.21 bits per heavy atom. The van der Waals surface area contributed by atoms with E-state index in [4.69, 9.17) is 25.4 Å². The van der Waals surface area contributed by atoms with Crippen molar-refractivity contribution in [3.05, 3.63) is 48.6 Å². The lowest BCUT2D eigenvalue weighted by molar-refractivity contribution is -0.132. The lowest BCUT2D eigenvalue weighted by Crippen LogP contribution is -2.12. The van der Waals surface area contributed by atoms with Gasteiger partial charge in [-0.05, 0) is 37.6 Å². The standard InChI is InChI=1S/C15H17NO4.C2H6O2/c1-4-14(17)19-12-6-5-11(7-8-16)9-13(12)20-15(18)10(2)3;3-1-2-4/h4-6,9H,1-2,7-8,16H2,3H3;3-4H,1-2H2. The SMILES string of the molecule is C=CC(=O)Oc1ccc(CCN)cc1OC(=O)C(=C)C.OCCO. The molecule has 4 N–H and O–H groups in total. The highest BCUT2D eigenvalue weighted by Gasteiger charge is 2.14. The molecular formula is C17H23NO6. The maximum atomic E-state index is 11.6. The van der Waals surface area contributed by atoms with E-state index >= 15 is 0 Å². The van der Waals surface area contributed by atoms with Crippen molar-refractivity contribution >= 4 is 11.9 Å². The molecule has 0 aliphatic heterocycles.